The standard InChI is InChI=1S/C29H44O3/c1-16(2)19-21-23(30)27(6,7)25(31)28(8,9)24(21)32-29(10)15-13-17(3)20(22(19)29)18-12-11-14-26(18,4)5/h16,18-20,22H,3,11-15H2,1-2,4-10H3/t18?,19-,20-,22-,29+/m1/s1. The highest BCUT2D eigenvalue weighted by atomic mass is 16.5. The van der Waals surface area contributed by atoms with Crippen molar-refractivity contribution in [2.75, 3.05) is 0 Å². The molecule has 4 aliphatic rings. The third kappa shape index (κ3) is 3.05. The third-order valence-electron chi connectivity index (χ3n) is 9.81. The number of rotatable bonds is 2. The van der Waals surface area contributed by atoms with Crippen molar-refractivity contribution in [2.45, 2.75) is 100 Å². The van der Waals surface area contributed by atoms with Gasteiger partial charge in [0, 0.05) is 17.4 Å². The number of hydrogen-bond acceptors (Lipinski definition) is 3. The van der Waals surface area contributed by atoms with Crippen LogP contribution in [0.1, 0.15) is 94.4 Å². The first-order chi connectivity index (χ1) is 14.6. The fourth-order valence-corrected chi connectivity index (χ4v) is 8.06. The first-order valence-electron chi connectivity index (χ1n) is 12.8. The van der Waals surface area contributed by atoms with Crippen LogP contribution >= 0.6 is 0 Å². The minimum atomic E-state index is -1.01. The van der Waals surface area contributed by atoms with Gasteiger partial charge in [-0.25, -0.2) is 0 Å². The molecule has 0 aromatic rings. The number of ether oxygens (including phenoxy) is 1. The minimum absolute atomic E-state index is 0.0156. The van der Waals surface area contributed by atoms with Crippen molar-refractivity contribution in [3.63, 3.8) is 0 Å². The van der Waals surface area contributed by atoms with Gasteiger partial charge in [0.05, 0.1) is 10.8 Å². The maximum Gasteiger partial charge on any atom is 0.175 e. The lowest BCUT2D eigenvalue weighted by molar-refractivity contribution is -0.165. The van der Waals surface area contributed by atoms with E-state index in [0.29, 0.717) is 17.6 Å². The SMILES string of the molecule is C=C1CC[C@]2(C)OC3=C(C(=O)C(C)(C)C(=O)C3(C)C)[C@@H](C(C)C)[C@@H]2[C@H]1C1CCCC1(C)C. The maximum atomic E-state index is 13.9. The van der Waals surface area contributed by atoms with Crippen molar-refractivity contribution < 1.29 is 14.3 Å². The summed E-state index contributed by atoms with van der Waals surface area (Å²) in [5.74, 6) is 2.13. The number of allylic oxidation sites excluding steroid dienone is 3. The summed E-state index contributed by atoms with van der Waals surface area (Å²) in [4.78, 5) is 27.4. The van der Waals surface area contributed by atoms with Crippen LogP contribution in [0.4, 0.5) is 0 Å². The molecule has 2 saturated carbocycles. The van der Waals surface area contributed by atoms with E-state index < -0.39 is 10.8 Å². The Bertz CT molecular complexity index is 899. The van der Waals surface area contributed by atoms with Crippen molar-refractivity contribution in [1.29, 1.82) is 0 Å². The molecular weight excluding hydrogens is 396 g/mol. The van der Waals surface area contributed by atoms with Gasteiger partial charge in [0.1, 0.15) is 11.4 Å². The quantitative estimate of drug-likeness (QED) is 0.346. The normalized spacial score (nSPS) is 40.2. The molecular formula is C29H44O3. The van der Waals surface area contributed by atoms with Crippen molar-refractivity contribution >= 4 is 11.6 Å². The van der Waals surface area contributed by atoms with Gasteiger partial charge in [0.15, 0.2) is 11.6 Å². The highest BCUT2D eigenvalue weighted by molar-refractivity contribution is 6.19. The van der Waals surface area contributed by atoms with E-state index in [4.69, 9.17) is 4.74 Å². The van der Waals surface area contributed by atoms with Crippen LogP contribution in [0.5, 0.6) is 0 Å². The van der Waals surface area contributed by atoms with Gasteiger partial charge in [-0.15, -0.1) is 0 Å². The average Bonchev–Trinajstić information content (AvgIpc) is 3.03. The number of carbonyl (C=O) groups is 2. The summed E-state index contributed by atoms with van der Waals surface area (Å²) in [6.07, 6.45) is 5.61. The number of carbonyl (C=O) groups excluding carboxylic acids is 2. The van der Waals surface area contributed by atoms with Crippen LogP contribution in [0.15, 0.2) is 23.5 Å². The Balaban J connectivity index is 1.95. The summed E-state index contributed by atoms with van der Waals surface area (Å²) in [7, 11) is 0. The zero-order chi connectivity index (χ0) is 24.0. The van der Waals surface area contributed by atoms with Gasteiger partial charge >= 0.3 is 0 Å². The summed E-state index contributed by atoms with van der Waals surface area (Å²) in [5, 5.41) is 0. The lowest BCUT2D eigenvalue weighted by atomic mass is 9.49. The Morgan fingerprint density at radius 2 is 1.59 bits per heavy atom. The first-order valence-corrected chi connectivity index (χ1v) is 12.8. The van der Waals surface area contributed by atoms with Crippen LogP contribution in [-0.4, -0.2) is 17.2 Å². The van der Waals surface area contributed by atoms with E-state index in [-0.39, 0.29) is 40.3 Å². The van der Waals surface area contributed by atoms with Gasteiger partial charge in [-0.3, -0.25) is 9.59 Å². The van der Waals surface area contributed by atoms with E-state index in [0.717, 1.165) is 18.4 Å². The molecule has 0 bridgehead atoms. The number of fused-ring (bicyclic) bond motifs is 1. The molecule has 1 aliphatic heterocycles. The molecule has 1 heterocycles. The Kier molecular flexibility index (Phi) is 5.24. The molecule has 0 N–H and O–H groups in total. The van der Waals surface area contributed by atoms with E-state index in [1.165, 1.54) is 24.8 Å². The summed E-state index contributed by atoms with van der Waals surface area (Å²) in [5.41, 5.74) is 0.256. The summed E-state index contributed by atoms with van der Waals surface area (Å²) in [6, 6.07) is 0. The molecule has 0 aromatic carbocycles. The maximum absolute atomic E-state index is 13.9. The van der Waals surface area contributed by atoms with E-state index in [1.807, 2.05) is 27.7 Å². The van der Waals surface area contributed by atoms with Gasteiger partial charge in [-0.05, 0) is 83.5 Å². The molecule has 0 spiro atoms. The molecule has 3 aliphatic carbocycles. The number of ketones is 2. The second kappa shape index (κ2) is 7.06. The second-order valence-corrected chi connectivity index (χ2v) is 13.5. The van der Waals surface area contributed by atoms with Crippen molar-refractivity contribution in [2.24, 2.45) is 45.8 Å². The first kappa shape index (κ1) is 23.8. The molecule has 0 saturated heterocycles. The van der Waals surface area contributed by atoms with E-state index in [2.05, 4.69) is 41.2 Å². The van der Waals surface area contributed by atoms with Gasteiger partial charge in [-0.2, -0.15) is 0 Å². The van der Waals surface area contributed by atoms with Crippen LogP contribution in [-0.2, 0) is 14.3 Å². The predicted molar refractivity (Wildman–Crippen MR) is 129 cm³/mol. The van der Waals surface area contributed by atoms with Crippen LogP contribution in [0.25, 0.3) is 0 Å². The van der Waals surface area contributed by atoms with E-state index >= 15 is 0 Å². The minimum Gasteiger partial charge on any atom is -0.490 e. The zero-order valence-corrected chi connectivity index (χ0v) is 21.9. The molecule has 5 atom stereocenters. The molecule has 0 amide bonds. The van der Waals surface area contributed by atoms with Crippen LogP contribution in [0.3, 0.4) is 0 Å². The van der Waals surface area contributed by atoms with Crippen molar-refractivity contribution in [3.8, 4) is 0 Å². The largest absolute Gasteiger partial charge is 0.490 e. The molecule has 32 heavy (non-hydrogen) atoms. The van der Waals surface area contributed by atoms with Crippen molar-refractivity contribution in [3.05, 3.63) is 23.5 Å². The van der Waals surface area contributed by atoms with Crippen molar-refractivity contribution in [1.82, 2.24) is 0 Å². The molecule has 0 aromatic heterocycles. The molecule has 3 heteroatoms. The molecule has 3 nitrogen and oxygen atoms in total. The second-order valence-electron chi connectivity index (χ2n) is 13.5. The lowest BCUT2D eigenvalue weighted by Gasteiger charge is -2.60. The number of hydrogen-bond donors (Lipinski definition) is 0. The monoisotopic (exact) mass is 440 g/mol. The molecule has 0 radical (unpaired) electrons. The van der Waals surface area contributed by atoms with Gasteiger partial charge in [0.2, 0.25) is 0 Å². The zero-order valence-electron chi connectivity index (χ0n) is 21.9. The average molecular weight is 441 g/mol. The smallest absolute Gasteiger partial charge is 0.175 e. The Morgan fingerprint density at radius 3 is 2.12 bits per heavy atom. The van der Waals surface area contributed by atoms with Crippen LogP contribution in [0.2, 0.25) is 0 Å². The topological polar surface area (TPSA) is 43.4 Å². The third-order valence-corrected chi connectivity index (χ3v) is 9.81. The van der Waals surface area contributed by atoms with Gasteiger partial charge in [-0.1, -0.05) is 46.3 Å². The predicted octanol–water partition coefficient (Wildman–Crippen LogP) is 6.91. The Morgan fingerprint density at radius 1 is 0.969 bits per heavy atom. The molecule has 178 valence electrons. The summed E-state index contributed by atoms with van der Waals surface area (Å²) >= 11 is 0. The Hall–Kier alpha value is -1.38. The summed E-state index contributed by atoms with van der Waals surface area (Å²) in [6.45, 7) is 23.7. The fraction of sp³-hybridized carbons (Fsp3) is 0.793. The highest BCUT2D eigenvalue weighted by Crippen LogP contribution is 2.64. The van der Waals surface area contributed by atoms with Gasteiger partial charge in [0.25, 0.3) is 0 Å². The number of Topliss-reactive ketones (excluding diaryl/α,β-unsaturated/α-hetero) is 2. The fourth-order valence-electron chi connectivity index (χ4n) is 8.06. The van der Waals surface area contributed by atoms with E-state index in [1.54, 1.807) is 0 Å². The summed E-state index contributed by atoms with van der Waals surface area (Å²) < 4.78 is 6.91. The van der Waals surface area contributed by atoms with E-state index in [9.17, 15) is 9.59 Å². The van der Waals surface area contributed by atoms with Crippen LogP contribution < -0.4 is 0 Å². The molecule has 2 fully saturated rings. The van der Waals surface area contributed by atoms with Crippen LogP contribution in [0, 0.1) is 45.8 Å². The lowest BCUT2D eigenvalue weighted by Crippen LogP contribution is -2.61. The Labute approximate surface area is 195 Å². The molecule has 1 unspecified atom stereocenters. The molecule has 4 rings (SSSR count). The highest BCUT2D eigenvalue weighted by Gasteiger charge is 2.64. The van der Waals surface area contributed by atoms with Gasteiger partial charge < -0.3 is 4.74 Å².